The van der Waals surface area contributed by atoms with E-state index in [0.29, 0.717) is 0 Å². The van der Waals surface area contributed by atoms with E-state index in [1.165, 1.54) is 35.7 Å². The predicted octanol–water partition coefficient (Wildman–Crippen LogP) is -2.78. The van der Waals surface area contributed by atoms with Gasteiger partial charge in [-0.2, -0.15) is 0 Å². The summed E-state index contributed by atoms with van der Waals surface area (Å²) in [7, 11) is -4.20. The molecule has 0 amide bonds. The molecule has 0 radical (unpaired) electrons. The van der Waals surface area contributed by atoms with Crippen molar-refractivity contribution in [2.45, 2.75) is 19.8 Å². The van der Waals surface area contributed by atoms with Crippen LogP contribution < -0.4 is 18.6 Å². The molecule has 1 aliphatic heterocycles. The Morgan fingerprint density at radius 3 is 1.86 bits per heavy atom. The molecule has 0 aromatic rings. The Labute approximate surface area is 89.3 Å². The quantitative estimate of drug-likeness (QED) is 0.387. The van der Waals surface area contributed by atoms with Crippen LogP contribution in [0, 0.1) is 10.2 Å². The standard InChI is InChI=1S/C8H15S.ClHO4/c1-8(2)7-9-5-3-4-6-9;2-1(3,4)5/h1,3-7H2,2H3;(H,2,3,4,5)/q+1;/p-1. The van der Waals surface area contributed by atoms with E-state index in [1.807, 2.05) is 0 Å². The van der Waals surface area contributed by atoms with Gasteiger partial charge in [-0.1, -0.05) is 6.58 Å². The molecule has 1 heterocycles. The van der Waals surface area contributed by atoms with E-state index >= 15 is 0 Å². The molecular weight excluding hydrogens is 228 g/mol. The van der Waals surface area contributed by atoms with Crippen molar-refractivity contribution in [1.29, 1.82) is 0 Å². The molecule has 84 valence electrons. The maximum atomic E-state index is 8.49. The van der Waals surface area contributed by atoms with Gasteiger partial charge >= 0.3 is 0 Å². The van der Waals surface area contributed by atoms with Crippen LogP contribution in [0.4, 0.5) is 0 Å². The van der Waals surface area contributed by atoms with E-state index in [0.717, 1.165) is 10.9 Å². The second-order valence-corrected chi connectivity index (χ2v) is 6.29. The monoisotopic (exact) mass is 242 g/mol. The lowest BCUT2D eigenvalue weighted by Gasteiger charge is -2.17. The van der Waals surface area contributed by atoms with Crippen LogP contribution in [0.3, 0.4) is 0 Å². The Kier molecular flexibility index (Phi) is 6.76. The van der Waals surface area contributed by atoms with E-state index in [9.17, 15) is 0 Å². The van der Waals surface area contributed by atoms with Crippen LogP contribution in [0.25, 0.3) is 0 Å². The van der Waals surface area contributed by atoms with Crippen LogP contribution in [0.2, 0.25) is 0 Å². The summed E-state index contributed by atoms with van der Waals surface area (Å²) in [6.07, 6.45) is 2.94. The molecule has 1 saturated heterocycles. The molecule has 1 fully saturated rings. The summed E-state index contributed by atoms with van der Waals surface area (Å²) in [6, 6.07) is 0. The van der Waals surface area contributed by atoms with Gasteiger partial charge in [-0.3, -0.25) is 0 Å². The van der Waals surface area contributed by atoms with Gasteiger partial charge < -0.3 is 0 Å². The highest BCUT2D eigenvalue weighted by Crippen LogP contribution is 2.15. The van der Waals surface area contributed by atoms with E-state index in [-0.39, 0.29) is 0 Å². The Bertz CT molecular complexity index is 169. The molecule has 0 aromatic carbocycles. The van der Waals surface area contributed by atoms with Crippen molar-refractivity contribution in [2.75, 3.05) is 17.3 Å². The molecule has 0 unspecified atom stereocenters. The molecule has 0 N–H and O–H groups in total. The molecule has 0 saturated carbocycles. The van der Waals surface area contributed by atoms with Crippen molar-refractivity contribution in [1.82, 2.24) is 0 Å². The van der Waals surface area contributed by atoms with Gasteiger partial charge in [0.25, 0.3) is 0 Å². The molecular formula is C8H15ClO4S. The zero-order chi connectivity index (χ0) is 11.2. The minimum atomic E-state index is -4.94. The van der Waals surface area contributed by atoms with E-state index in [2.05, 4.69) is 13.5 Å². The fourth-order valence-electron chi connectivity index (χ4n) is 1.21. The number of rotatable bonds is 2. The molecule has 0 atom stereocenters. The third-order valence-corrected chi connectivity index (χ3v) is 4.20. The molecule has 14 heavy (non-hydrogen) atoms. The van der Waals surface area contributed by atoms with Gasteiger partial charge in [0.2, 0.25) is 0 Å². The maximum absolute atomic E-state index is 8.49. The lowest BCUT2D eigenvalue weighted by Crippen LogP contribution is -2.68. The molecule has 0 bridgehead atoms. The molecule has 6 heteroatoms. The molecule has 0 aliphatic carbocycles. The van der Waals surface area contributed by atoms with E-state index in [1.54, 1.807) is 0 Å². The third-order valence-electron chi connectivity index (χ3n) is 1.57. The predicted molar refractivity (Wildman–Crippen MR) is 46.0 cm³/mol. The van der Waals surface area contributed by atoms with Gasteiger partial charge in [0.1, 0.15) is 17.3 Å². The van der Waals surface area contributed by atoms with Crippen LogP contribution >= 0.6 is 0 Å². The van der Waals surface area contributed by atoms with Gasteiger partial charge in [0, 0.05) is 0 Å². The van der Waals surface area contributed by atoms with Gasteiger partial charge in [-0.25, -0.2) is 18.6 Å². The Morgan fingerprint density at radius 2 is 1.57 bits per heavy atom. The number of halogens is 1. The van der Waals surface area contributed by atoms with Crippen LogP contribution in [0.15, 0.2) is 12.2 Å². The van der Waals surface area contributed by atoms with Gasteiger partial charge in [0.05, 0.1) is 0 Å². The van der Waals surface area contributed by atoms with Crippen molar-refractivity contribution in [2.24, 2.45) is 0 Å². The fourth-order valence-corrected chi connectivity index (χ4v) is 3.62. The summed E-state index contributed by atoms with van der Waals surface area (Å²) in [5.74, 6) is 4.26. The Morgan fingerprint density at radius 1 is 1.21 bits per heavy atom. The summed E-state index contributed by atoms with van der Waals surface area (Å²) in [5.41, 5.74) is 1.38. The van der Waals surface area contributed by atoms with Gasteiger partial charge in [-0.15, -0.1) is 10.2 Å². The third kappa shape index (κ3) is 12.2. The summed E-state index contributed by atoms with van der Waals surface area (Å²) >= 11 is 0. The maximum Gasteiger partial charge on any atom is 0.128 e. The van der Waals surface area contributed by atoms with Crippen molar-refractivity contribution < 1.29 is 28.9 Å². The summed E-state index contributed by atoms with van der Waals surface area (Å²) in [5, 5.41) is 0. The number of hydrogen-bond acceptors (Lipinski definition) is 4. The zero-order valence-electron chi connectivity index (χ0n) is 8.16. The first-order valence-corrected chi connectivity index (χ1v) is 7.16. The molecule has 0 spiro atoms. The smallest absolute Gasteiger partial charge is 0.128 e. The molecule has 1 rings (SSSR count). The highest BCUT2D eigenvalue weighted by atomic mass is 35.7. The van der Waals surface area contributed by atoms with Crippen molar-refractivity contribution in [3.63, 3.8) is 0 Å². The second kappa shape index (κ2) is 6.66. The first-order valence-electron chi connectivity index (χ1n) is 4.19. The van der Waals surface area contributed by atoms with Gasteiger partial charge in [0.15, 0.2) is 0 Å². The Balaban J connectivity index is 0.000000292. The highest BCUT2D eigenvalue weighted by Gasteiger charge is 2.22. The van der Waals surface area contributed by atoms with Crippen LogP contribution in [-0.2, 0) is 10.9 Å². The van der Waals surface area contributed by atoms with Crippen LogP contribution in [0.5, 0.6) is 0 Å². The topological polar surface area (TPSA) is 92.2 Å². The summed E-state index contributed by atoms with van der Waals surface area (Å²) in [4.78, 5) is 0. The average molecular weight is 243 g/mol. The van der Waals surface area contributed by atoms with Crippen molar-refractivity contribution in [3.05, 3.63) is 12.2 Å². The van der Waals surface area contributed by atoms with Gasteiger partial charge in [-0.05, 0) is 36.2 Å². The minimum absolute atomic E-state index is 0.743. The molecule has 4 nitrogen and oxygen atoms in total. The largest absolute Gasteiger partial charge is 0.222 e. The first kappa shape index (κ1) is 14.2. The lowest BCUT2D eigenvalue weighted by atomic mass is 10.4. The lowest BCUT2D eigenvalue weighted by molar-refractivity contribution is -2.00. The van der Waals surface area contributed by atoms with Crippen LogP contribution in [-0.4, -0.2) is 17.3 Å². The molecule has 1 aliphatic rings. The van der Waals surface area contributed by atoms with E-state index < -0.39 is 10.2 Å². The second-order valence-electron chi connectivity index (χ2n) is 3.21. The summed E-state index contributed by atoms with van der Waals surface area (Å²) < 4.78 is 34.0. The minimum Gasteiger partial charge on any atom is -0.222 e. The number of hydrogen-bond donors (Lipinski definition) is 0. The summed E-state index contributed by atoms with van der Waals surface area (Å²) in [6.45, 7) is 6.07. The normalized spacial score (nSPS) is 17.5. The fraction of sp³-hybridized carbons (Fsp3) is 0.750. The first-order chi connectivity index (χ1) is 6.29. The van der Waals surface area contributed by atoms with Crippen molar-refractivity contribution >= 4 is 10.9 Å². The van der Waals surface area contributed by atoms with Crippen LogP contribution in [0.1, 0.15) is 19.8 Å². The Hall–Kier alpha value is 0.220. The highest BCUT2D eigenvalue weighted by molar-refractivity contribution is 7.97. The van der Waals surface area contributed by atoms with E-state index in [4.69, 9.17) is 18.6 Å². The SMILES string of the molecule is C=C(C)C[S+]1CCCC1.[O-][Cl+3]([O-])([O-])[O-]. The zero-order valence-corrected chi connectivity index (χ0v) is 9.73. The molecule has 0 aromatic heterocycles. The average Bonchev–Trinajstić information content (AvgIpc) is 2.33. The van der Waals surface area contributed by atoms with Crippen molar-refractivity contribution in [3.8, 4) is 0 Å².